The van der Waals surface area contributed by atoms with Crippen LogP contribution in [-0.4, -0.2) is 5.78 Å². The molecule has 2 rings (SSSR count). The van der Waals surface area contributed by atoms with E-state index in [-0.39, 0.29) is 18.2 Å². The maximum Gasteiger partial charge on any atom is 0.193 e. The largest absolute Gasteiger partial charge is 0.399 e. The summed E-state index contributed by atoms with van der Waals surface area (Å²) in [7, 11) is 0. The van der Waals surface area contributed by atoms with Crippen molar-refractivity contribution in [3.05, 3.63) is 64.7 Å². The zero-order valence-corrected chi connectivity index (χ0v) is 10.5. The van der Waals surface area contributed by atoms with E-state index in [9.17, 15) is 4.79 Å². The van der Waals surface area contributed by atoms with Crippen molar-refractivity contribution in [3.63, 3.8) is 0 Å². The first-order valence-corrected chi connectivity index (χ1v) is 5.20. The van der Waals surface area contributed by atoms with E-state index >= 15 is 0 Å². The molecule has 2 aromatic rings. The molecule has 4 heteroatoms. The van der Waals surface area contributed by atoms with Gasteiger partial charge in [-0.15, -0.1) is 12.4 Å². The summed E-state index contributed by atoms with van der Waals surface area (Å²) in [6, 6.07) is 13.9. The van der Waals surface area contributed by atoms with Gasteiger partial charge < -0.3 is 5.73 Å². The van der Waals surface area contributed by atoms with Crippen LogP contribution >= 0.6 is 24.0 Å². The molecular weight excluding hydrogens is 257 g/mol. The van der Waals surface area contributed by atoms with Crippen molar-refractivity contribution in [3.8, 4) is 0 Å². The molecule has 0 heterocycles. The van der Waals surface area contributed by atoms with Crippen LogP contribution in [0.4, 0.5) is 5.69 Å². The topological polar surface area (TPSA) is 43.1 Å². The van der Waals surface area contributed by atoms with Gasteiger partial charge in [0.15, 0.2) is 5.78 Å². The zero-order valence-electron chi connectivity index (χ0n) is 8.89. The lowest BCUT2D eigenvalue weighted by Gasteiger charge is -2.03. The lowest BCUT2D eigenvalue weighted by atomic mass is 10.0. The first-order chi connectivity index (χ1) is 7.66. The third-order valence-electron chi connectivity index (χ3n) is 2.22. The maximum atomic E-state index is 12.0. The second kappa shape index (κ2) is 5.71. The van der Waals surface area contributed by atoms with E-state index in [4.69, 9.17) is 17.3 Å². The highest BCUT2D eigenvalue weighted by Gasteiger charge is 2.09. The number of carbonyl (C=O) groups excluding carboxylic acids is 1. The molecule has 0 atom stereocenters. The molecule has 0 saturated carbocycles. The Hall–Kier alpha value is -1.51. The van der Waals surface area contributed by atoms with Gasteiger partial charge in [0, 0.05) is 21.8 Å². The van der Waals surface area contributed by atoms with Gasteiger partial charge >= 0.3 is 0 Å². The number of hydrogen-bond acceptors (Lipinski definition) is 2. The fourth-order valence-electron chi connectivity index (χ4n) is 1.50. The molecular formula is C13H11Cl2NO. The second-order valence-corrected chi connectivity index (χ2v) is 3.90. The summed E-state index contributed by atoms with van der Waals surface area (Å²) in [6.45, 7) is 0. The predicted molar refractivity (Wildman–Crippen MR) is 73.0 cm³/mol. The van der Waals surface area contributed by atoms with E-state index in [0.29, 0.717) is 21.8 Å². The summed E-state index contributed by atoms with van der Waals surface area (Å²) in [5.74, 6) is -0.0743. The fraction of sp³-hybridized carbons (Fsp3) is 0. The second-order valence-electron chi connectivity index (χ2n) is 3.47. The van der Waals surface area contributed by atoms with Crippen LogP contribution < -0.4 is 5.73 Å². The summed E-state index contributed by atoms with van der Waals surface area (Å²) in [5, 5.41) is 0.472. The van der Waals surface area contributed by atoms with Gasteiger partial charge in [-0.1, -0.05) is 41.9 Å². The van der Waals surface area contributed by atoms with Gasteiger partial charge in [0.1, 0.15) is 0 Å². The third kappa shape index (κ3) is 3.22. The lowest BCUT2D eigenvalue weighted by Crippen LogP contribution is -2.01. The number of rotatable bonds is 2. The first-order valence-electron chi connectivity index (χ1n) is 4.82. The van der Waals surface area contributed by atoms with Gasteiger partial charge in [-0.05, 0) is 18.2 Å². The van der Waals surface area contributed by atoms with Crippen molar-refractivity contribution in [1.82, 2.24) is 0 Å². The Kier molecular flexibility index (Phi) is 4.55. The summed E-state index contributed by atoms with van der Waals surface area (Å²) < 4.78 is 0. The van der Waals surface area contributed by atoms with E-state index in [1.807, 2.05) is 18.2 Å². The molecule has 88 valence electrons. The summed E-state index contributed by atoms with van der Waals surface area (Å²) in [4.78, 5) is 12.0. The number of anilines is 1. The number of ketones is 1. The summed E-state index contributed by atoms with van der Waals surface area (Å²) >= 11 is 5.85. The number of carbonyl (C=O) groups is 1. The van der Waals surface area contributed by atoms with Crippen LogP contribution in [0.1, 0.15) is 15.9 Å². The van der Waals surface area contributed by atoms with Crippen molar-refractivity contribution in [2.24, 2.45) is 0 Å². The highest BCUT2D eigenvalue weighted by Crippen LogP contribution is 2.19. The van der Waals surface area contributed by atoms with E-state index < -0.39 is 0 Å². The summed E-state index contributed by atoms with van der Waals surface area (Å²) in [6.07, 6.45) is 0. The molecule has 2 aromatic carbocycles. The Balaban J connectivity index is 0.00000144. The third-order valence-corrected chi connectivity index (χ3v) is 2.44. The summed E-state index contributed by atoms with van der Waals surface area (Å²) in [5.41, 5.74) is 7.27. The average molecular weight is 268 g/mol. The van der Waals surface area contributed by atoms with Crippen molar-refractivity contribution < 1.29 is 4.79 Å². The molecule has 0 bridgehead atoms. The molecule has 0 aliphatic carbocycles. The van der Waals surface area contributed by atoms with Crippen LogP contribution in [0.3, 0.4) is 0 Å². The molecule has 0 amide bonds. The van der Waals surface area contributed by atoms with Crippen LogP contribution in [0, 0.1) is 0 Å². The van der Waals surface area contributed by atoms with Crippen molar-refractivity contribution in [2.75, 3.05) is 5.73 Å². The van der Waals surface area contributed by atoms with Crippen LogP contribution in [0.25, 0.3) is 0 Å². The van der Waals surface area contributed by atoms with Gasteiger partial charge in [-0.25, -0.2) is 0 Å². The standard InChI is InChI=1S/C13H10ClNO.ClH/c14-11-6-10(7-12(15)8-11)13(16)9-4-2-1-3-5-9;/h1-8H,15H2;1H. The normalized spacial score (nSPS) is 9.47. The van der Waals surface area contributed by atoms with Crippen molar-refractivity contribution in [2.45, 2.75) is 0 Å². The average Bonchev–Trinajstić information content (AvgIpc) is 2.28. The fourth-order valence-corrected chi connectivity index (χ4v) is 1.74. The zero-order chi connectivity index (χ0) is 11.5. The molecule has 0 spiro atoms. The molecule has 2 nitrogen and oxygen atoms in total. The Morgan fingerprint density at radius 3 is 2.24 bits per heavy atom. The minimum absolute atomic E-state index is 0. The predicted octanol–water partition coefficient (Wildman–Crippen LogP) is 3.58. The van der Waals surface area contributed by atoms with Crippen molar-refractivity contribution >= 4 is 35.5 Å². The van der Waals surface area contributed by atoms with Crippen molar-refractivity contribution in [1.29, 1.82) is 0 Å². The molecule has 0 radical (unpaired) electrons. The minimum atomic E-state index is -0.0743. The Bertz CT molecular complexity index is 506. The number of hydrogen-bond donors (Lipinski definition) is 1. The van der Waals surface area contributed by atoms with Crippen LogP contribution in [0.2, 0.25) is 5.02 Å². The van der Waals surface area contributed by atoms with Gasteiger partial charge in [-0.2, -0.15) is 0 Å². The van der Waals surface area contributed by atoms with Crippen LogP contribution in [-0.2, 0) is 0 Å². The van der Waals surface area contributed by atoms with Crippen LogP contribution in [0.5, 0.6) is 0 Å². The molecule has 0 unspecified atom stereocenters. The number of nitrogens with two attached hydrogens (primary N) is 1. The Morgan fingerprint density at radius 1 is 1.00 bits per heavy atom. The Labute approximate surface area is 111 Å². The molecule has 0 saturated heterocycles. The number of nitrogen functional groups attached to an aromatic ring is 1. The van der Waals surface area contributed by atoms with E-state index in [0.717, 1.165) is 0 Å². The number of benzene rings is 2. The quantitative estimate of drug-likeness (QED) is 0.668. The smallest absolute Gasteiger partial charge is 0.193 e. The highest BCUT2D eigenvalue weighted by molar-refractivity contribution is 6.31. The van der Waals surface area contributed by atoms with Gasteiger partial charge in [-0.3, -0.25) is 4.79 Å². The lowest BCUT2D eigenvalue weighted by molar-refractivity contribution is 0.103. The Morgan fingerprint density at radius 2 is 1.65 bits per heavy atom. The van der Waals surface area contributed by atoms with Crippen LogP contribution in [0.15, 0.2) is 48.5 Å². The van der Waals surface area contributed by atoms with Gasteiger partial charge in [0.25, 0.3) is 0 Å². The van der Waals surface area contributed by atoms with E-state index in [1.165, 1.54) is 0 Å². The van der Waals surface area contributed by atoms with Gasteiger partial charge in [0.05, 0.1) is 0 Å². The molecule has 0 fully saturated rings. The molecule has 17 heavy (non-hydrogen) atoms. The molecule has 0 aromatic heterocycles. The molecule has 2 N–H and O–H groups in total. The monoisotopic (exact) mass is 267 g/mol. The SMILES string of the molecule is Cl.Nc1cc(Cl)cc(C(=O)c2ccccc2)c1. The maximum absolute atomic E-state index is 12.0. The first kappa shape index (κ1) is 13.6. The molecule has 0 aliphatic rings. The number of halogens is 2. The highest BCUT2D eigenvalue weighted by atomic mass is 35.5. The van der Waals surface area contributed by atoms with Gasteiger partial charge in [0.2, 0.25) is 0 Å². The van der Waals surface area contributed by atoms with E-state index in [1.54, 1.807) is 30.3 Å². The molecule has 0 aliphatic heterocycles. The van der Waals surface area contributed by atoms with E-state index in [2.05, 4.69) is 0 Å². The minimum Gasteiger partial charge on any atom is -0.399 e.